The summed E-state index contributed by atoms with van der Waals surface area (Å²) in [7, 11) is 1.59. The first-order chi connectivity index (χ1) is 5.55. The van der Waals surface area contributed by atoms with Gasteiger partial charge in [-0.3, -0.25) is 0 Å². The highest BCUT2D eigenvalue weighted by Gasteiger charge is 2.21. The summed E-state index contributed by atoms with van der Waals surface area (Å²) in [6, 6.07) is -0.398. The monoisotopic (exact) mass is 173 g/mol. The van der Waals surface area contributed by atoms with Crippen LogP contribution in [0.2, 0.25) is 0 Å². The first-order valence-electron chi connectivity index (χ1n) is 3.76. The quantitative estimate of drug-likeness (QED) is 0.388. The van der Waals surface area contributed by atoms with Crippen molar-refractivity contribution in [1.82, 2.24) is 0 Å². The van der Waals surface area contributed by atoms with Gasteiger partial charge in [0.05, 0.1) is 18.2 Å². The Labute approximate surface area is 72.0 Å². The zero-order chi connectivity index (χ0) is 9.61. The molecule has 1 unspecified atom stereocenters. The van der Waals surface area contributed by atoms with Gasteiger partial charge in [-0.2, -0.15) is 0 Å². The maximum Gasteiger partial charge on any atom is 0.0632 e. The van der Waals surface area contributed by atoms with Crippen LogP contribution in [-0.2, 0) is 4.74 Å². The SMILES string of the molecule is COC(C)(C)CC(CO)N=[N+]=[N-]. The maximum absolute atomic E-state index is 8.80. The first kappa shape index (κ1) is 11.2. The number of azide groups is 1. The van der Waals surface area contributed by atoms with Gasteiger partial charge in [-0.15, -0.1) is 0 Å². The van der Waals surface area contributed by atoms with Crippen molar-refractivity contribution in [3.05, 3.63) is 10.4 Å². The molecule has 0 bridgehead atoms. The highest BCUT2D eigenvalue weighted by molar-refractivity contribution is 4.77. The molecule has 12 heavy (non-hydrogen) atoms. The van der Waals surface area contributed by atoms with Gasteiger partial charge in [0, 0.05) is 12.0 Å². The summed E-state index contributed by atoms with van der Waals surface area (Å²) >= 11 is 0. The van der Waals surface area contributed by atoms with Crippen LogP contribution in [0.15, 0.2) is 5.11 Å². The Morgan fingerprint density at radius 2 is 2.25 bits per heavy atom. The van der Waals surface area contributed by atoms with Gasteiger partial charge in [-0.05, 0) is 25.8 Å². The van der Waals surface area contributed by atoms with Crippen LogP contribution < -0.4 is 0 Å². The van der Waals surface area contributed by atoms with Crippen molar-refractivity contribution in [1.29, 1.82) is 0 Å². The van der Waals surface area contributed by atoms with Crippen LogP contribution in [0.25, 0.3) is 10.4 Å². The van der Waals surface area contributed by atoms with E-state index in [9.17, 15) is 0 Å². The molecule has 0 aromatic carbocycles. The average molecular weight is 173 g/mol. The second-order valence-electron chi connectivity index (χ2n) is 3.21. The zero-order valence-electron chi connectivity index (χ0n) is 7.69. The van der Waals surface area contributed by atoms with E-state index < -0.39 is 6.04 Å². The summed E-state index contributed by atoms with van der Waals surface area (Å²) < 4.78 is 5.12. The fourth-order valence-electron chi connectivity index (χ4n) is 0.866. The number of aliphatic hydroxyl groups excluding tert-OH is 1. The molecule has 5 nitrogen and oxygen atoms in total. The normalized spacial score (nSPS) is 13.7. The molecule has 0 heterocycles. The van der Waals surface area contributed by atoms with Gasteiger partial charge in [0.2, 0.25) is 0 Å². The van der Waals surface area contributed by atoms with Crippen molar-refractivity contribution >= 4 is 0 Å². The smallest absolute Gasteiger partial charge is 0.0632 e. The number of ether oxygens (including phenoxy) is 1. The molecule has 0 saturated heterocycles. The minimum absolute atomic E-state index is 0.142. The van der Waals surface area contributed by atoms with Gasteiger partial charge in [0.15, 0.2) is 0 Å². The van der Waals surface area contributed by atoms with Crippen molar-refractivity contribution in [3.8, 4) is 0 Å². The Kier molecular flexibility index (Phi) is 4.66. The summed E-state index contributed by atoms with van der Waals surface area (Å²) in [5, 5.41) is 12.2. The topological polar surface area (TPSA) is 78.2 Å². The van der Waals surface area contributed by atoms with Crippen LogP contribution in [0.4, 0.5) is 0 Å². The second kappa shape index (κ2) is 4.98. The fourth-order valence-corrected chi connectivity index (χ4v) is 0.866. The number of methoxy groups -OCH3 is 1. The Balaban J connectivity index is 4.10. The Bertz CT molecular complexity index is 175. The largest absolute Gasteiger partial charge is 0.396 e. The molecule has 0 amide bonds. The lowest BCUT2D eigenvalue weighted by Crippen LogP contribution is -2.29. The molecule has 0 saturated carbocycles. The van der Waals surface area contributed by atoms with Gasteiger partial charge >= 0.3 is 0 Å². The van der Waals surface area contributed by atoms with Crippen molar-refractivity contribution in [2.75, 3.05) is 13.7 Å². The lowest BCUT2D eigenvalue weighted by Gasteiger charge is -2.25. The molecule has 0 aromatic rings. The van der Waals surface area contributed by atoms with Crippen molar-refractivity contribution in [2.24, 2.45) is 5.11 Å². The molecule has 0 aliphatic heterocycles. The Morgan fingerprint density at radius 3 is 2.58 bits per heavy atom. The number of nitrogens with zero attached hydrogens (tertiary/aromatic N) is 3. The van der Waals surface area contributed by atoms with Crippen molar-refractivity contribution in [3.63, 3.8) is 0 Å². The Morgan fingerprint density at radius 1 is 1.67 bits per heavy atom. The molecule has 1 atom stereocenters. The highest BCUT2D eigenvalue weighted by atomic mass is 16.5. The molecule has 0 spiro atoms. The average Bonchev–Trinajstić information content (AvgIpc) is 2.03. The summed E-state index contributed by atoms with van der Waals surface area (Å²) in [4.78, 5) is 2.63. The maximum atomic E-state index is 8.80. The summed E-state index contributed by atoms with van der Waals surface area (Å²) in [5.41, 5.74) is 7.78. The lowest BCUT2D eigenvalue weighted by atomic mass is 10.00. The zero-order valence-corrected chi connectivity index (χ0v) is 7.69. The van der Waals surface area contributed by atoms with Gasteiger partial charge in [0.25, 0.3) is 0 Å². The number of hydrogen-bond donors (Lipinski definition) is 1. The van der Waals surface area contributed by atoms with E-state index in [-0.39, 0.29) is 12.2 Å². The van der Waals surface area contributed by atoms with Crippen LogP contribution in [0.5, 0.6) is 0 Å². The molecule has 70 valence electrons. The van der Waals surface area contributed by atoms with E-state index in [0.717, 1.165) is 0 Å². The van der Waals surface area contributed by atoms with Crippen LogP contribution in [0, 0.1) is 0 Å². The minimum atomic E-state index is -0.398. The molecular weight excluding hydrogens is 158 g/mol. The van der Waals surface area contributed by atoms with E-state index in [2.05, 4.69) is 10.0 Å². The number of aliphatic hydroxyl groups is 1. The molecular formula is C7H15N3O2. The molecule has 5 heteroatoms. The van der Waals surface area contributed by atoms with E-state index in [1.54, 1.807) is 7.11 Å². The fraction of sp³-hybridized carbons (Fsp3) is 1.00. The Hall–Kier alpha value is -0.770. The van der Waals surface area contributed by atoms with Crippen LogP contribution in [0.1, 0.15) is 20.3 Å². The third-order valence-corrected chi connectivity index (χ3v) is 1.71. The van der Waals surface area contributed by atoms with E-state index in [1.165, 1.54) is 0 Å². The summed E-state index contributed by atoms with van der Waals surface area (Å²) in [6.07, 6.45) is 0.518. The second-order valence-corrected chi connectivity index (χ2v) is 3.21. The van der Waals surface area contributed by atoms with E-state index in [0.29, 0.717) is 6.42 Å². The third kappa shape index (κ3) is 4.18. The van der Waals surface area contributed by atoms with Crippen LogP contribution >= 0.6 is 0 Å². The summed E-state index contributed by atoms with van der Waals surface area (Å²) in [5.74, 6) is 0. The number of rotatable bonds is 5. The van der Waals surface area contributed by atoms with Gasteiger partial charge < -0.3 is 9.84 Å². The standard InChI is InChI=1S/C7H15N3O2/c1-7(2,12-3)4-6(5-11)9-10-8/h6,11H,4-5H2,1-3H3. The summed E-state index contributed by atoms with van der Waals surface area (Å²) in [6.45, 7) is 3.61. The predicted molar refractivity (Wildman–Crippen MR) is 45.7 cm³/mol. The molecule has 0 fully saturated rings. The van der Waals surface area contributed by atoms with Gasteiger partial charge in [0.1, 0.15) is 0 Å². The van der Waals surface area contributed by atoms with E-state index in [4.69, 9.17) is 15.4 Å². The highest BCUT2D eigenvalue weighted by Crippen LogP contribution is 2.17. The van der Waals surface area contributed by atoms with Gasteiger partial charge in [-0.25, -0.2) is 0 Å². The van der Waals surface area contributed by atoms with E-state index >= 15 is 0 Å². The molecule has 0 aromatic heterocycles. The van der Waals surface area contributed by atoms with Crippen LogP contribution in [-0.4, -0.2) is 30.5 Å². The molecule has 0 radical (unpaired) electrons. The van der Waals surface area contributed by atoms with Gasteiger partial charge in [-0.1, -0.05) is 5.11 Å². The third-order valence-electron chi connectivity index (χ3n) is 1.71. The minimum Gasteiger partial charge on any atom is -0.396 e. The predicted octanol–water partition coefficient (Wildman–Crippen LogP) is 1.47. The molecule has 0 aliphatic rings. The van der Waals surface area contributed by atoms with Crippen molar-refractivity contribution in [2.45, 2.75) is 31.9 Å². The molecule has 0 aliphatic carbocycles. The lowest BCUT2D eigenvalue weighted by molar-refractivity contribution is 0.00567. The van der Waals surface area contributed by atoms with E-state index in [1.807, 2.05) is 13.8 Å². The molecule has 1 N–H and O–H groups in total. The number of hydrogen-bond acceptors (Lipinski definition) is 3. The van der Waals surface area contributed by atoms with Crippen molar-refractivity contribution < 1.29 is 9.84 Å². The molecule has 0 rings (SSSR count). The first-order valence-corrected chi connectivity index (χ1v) is 3.76. The van der Waals surface area contributed by atoms with Crippen LogP contribution in [0.3, 0.4) is 0 Å².